The van der Waals surface area contributed by atoms with E-state index in [4.69, 9.17) is 5.73 Å². The first-order valence-corrected chi connectivity index (χ1v) is 9.67. The van der Waals surface area contributed by atoms with E-state index in [-0.39, 0.29) is 11.6 Å². The molecule has 1 saturated heterocycles. The van der Waals surface area contributed by atoms with E-state index in [1.165, 1.54) is 23.5 Å². The van der Waals surface area contributed by atoms with Gasteiger partial charge < -0.3 is 5.73 Å². The molecule has 0 spiro atoms. The Kier molecular flexibility index (Phi) is 4.26. The van der Waals surface area contributed by atoms with Crippen LogP contribution in [0.3, 0.4) is 0 Å². The third-order valence-corrected chi connectivity index (χ3v) is 6.62. The Morgan fingerprint density at radius 3 is 2.41 bits per heavy atom. The van der Waals surface area contributed by atoms with E-state index in [0.29, 0.717) is 0 Å². The van der Waals surface area contributed by atoms with E-state index >= 15 is 0 Å². The van der Waals surface area contributed by atoms with E-state index in [0.717, 1.165) is 20.9 Å². The van der Waals surface area contributed by atoms with Crippen molar-refractivity contribution in [2.24, 2.45) is 11.1 Å². The van der Waals surface area contributed by atoms with Gasteiger partial charge in [0.1, 0.15) is 11.4 Å². The van der Waals surface area contributed by atoms with Crippen molar-refractivity contribution in [2.45, 2.75) is 25.6 Å². The Balaban J connectivity index is 1.88. The largest absolute Gasteiger partial charge is 0.315 e. The van der Waals surface area contributed by atoms with E-state index in [1.54, 1.807) is 6.07 Å². The highest BCUT2D eigenvalue weighted by molar-refractivity contribution is 7.15. The van der Waals surface area contributed by atoms with Crippen LogP contribution in [0, 0.1) is 11.2 Å². The molecule has 0 saturated carbocycles. The predicted octanol–water partition coefficient (Wildman–Crippen LogP) is 4.28. The monoisotopic (exact) mass is 380 g/mol. The number of nitrogens with two attached hydrogens (primary N) is 1. The lowest BCUT2D eigenvalue weighted by molar-refractivity contribution is -0.128. The lowest BCUT2D eigenvalue weighted by Crippen LogP contribution is -2.47. The van der Waals surface area contributed by atoms with Crippen LogP contribution in [-0.2, 0) is 10.3 Å². The van der Waals surface area contributed by atoms with Crippen LogP contribution >= 0.6 is 11.3 Å². The van der Waals surface area contributed by atoms with Crippen molar-refractivity contribution < 1.29 is 9.18 Å². The molecule has 3 aromatic rings. The first-order chi connectivity index (χ1) is 12.9. The van der Waals surface area contributed by atoms with Gasteiger partial charge in [-0.1, -0.05) is 56.3 Å². The van der Waals surface area contributed by atoms with E-state index in [2.05, 4.69) is 5.32 Å². The van der Waals surface area contributed by atoms with Gasteiger partial charge in [-0.2, -0.15) is 0 Å². The molecule has 3 nitrogen and oxygen atoms in total. The van der Waals surface area contributed by atoms with Gasteiger partial charge in [-0.05, 0) is 35.4 Å². The molecule has 2 heterocycles. The number of nitrogens with one attached hydrogen (secondary N) is 1. The zero-order valence-electron chi connectivity index (χ0n) is 15.2. The van der Waals surface area contributed by atoms with E-state index in [1.807, 2.05) is 62.4 Å². The number of halogens is 1. The average molecular weight is 380 g/mol. The van der Waals surface area contributed by atoms with Crippen molar-refractivity contribution in [3.05, 3.63) is 83.0 Å². The van der Waals surface area contributed by atoms with Gasteiger partial charge in [-0.25, -0.2) is 4.39 Å². The van der Waals surface area contributed by atoms with Gasteiger partial charge in [0.25, 0.3) is 0 Å². The minimum absolute atomic E-state index is 0.0429. The molecule has 2 unspecified atom stereocenters. The number of benzene rings is 2. The Morgan fingerprint density at radius 2 is 1.78 bits per heavy atom. The standard InChI is InChI=1S/C22H21FN2OS/c1-21(2)19(26)22(25-20(21)24,15-8-4-3-5-9-15)18-12-11-17(27-18)14-7-6-10-16(23)13-14/h3-13,20,25H,24H2,1-2H3. The molecule has 2 atom stereocenters. The number of hydrogen-bond donors (Lipinski definition) is 2. The molecule has 5 heteroatoms. The van der Waals surface area contributed by atoms with Gasteiger partial charge in [-0.3, -0.25) is 10.1 Å². The third-order valence-electron chi connectivity index (χ3n) is 5.37. The summed E-state index contributed by atoms with van der Waals surface area (Å²) < 4.78 is 13.6. The maximum absolute atomic E-state index is 13.6. The second-order valence-corrected chi connectivity index (χ2v) is 8.55. The SMILES string of the molecule is CC1(C)C(=O)C(c2ccccc2)(c2ccc(-c3cccc(F)c3)s2)NC1N. The summed E-state index contributed by atoms with van der Waals surface area (Å²) >= 11 is 1.49. The van der Waals surface area contributed by atoms with E-state index in [9.17, 15) is 9.18 Å². The molecule has 0 radical (unpaired) electrons. The summed E-state index contributed by atoms with van der Waals surface area (Å²) in [6.07, 6.45) is -0.468. The van der Waals surface area contributed by atoms with Gasteiger partial charge in [-0.15, -0.1) is 11.3 Å². The number of carbonyl (C=O) groups is 1. The van der Waals surface area contributed by atoms with Gasteiger partial charge in [0.05, 0.1) is 11.6 Å². The first kappa shape index (κ1) is 18.0. The summed E-state index contributed by atoms with van der Waals surface area (Å²) in [6.45, 7) is 3.75. The molecule has 0 aliphatic carbocycles. The molecule has 4 rings (SSSR count). The Labute approximate surface area is 162 Å². The minimum atomic E-state index is -1.000. The van der Waals surface area contributed by atoms with Gasteiger partial charge in [0.15, 0.2) is 5.78 Å². The molecule has 3 N–H and O–H groups in total. The van der Waals surface area contributed by atoms with Crippen molar-refractivity contribution in [3.63, 3.8) is 0 Å². The van der Waals surface area contributed by atoms with Gasteiger partial charge in [0, 0.05) is 9.75 Å². The van der Waals surface area contributed by atoms with Crippen LogP contribution in [-0.4, -0.2) is 11.9 Å². The number of thiophene rings is 1. The highest BCUT2D eigenvalue weighted by Crippen LogP contribution is 2.47. The Hall–Kier alpha value is -2.34. The zero-order chi connectivity index (χ0) is 19.2. The fourth-order valence-electron chi connectivity index (χ4n) is 3.67. The summed E-state index contributed by atoms with van der Waals surface area (Å²) in [5, 5.41) is 3.38. The molecule has 2 aromatic carbocycles. The quantitative estimate of drug-likeness (QED) is 0.713. The van der Waals surface area contributed by atoms with Crippen LogP contribution in [0.15, 0.2) is 66.7 Å². The number of hydrogen-bond acceptors (Lipinski definition) is 4. The van der Waals surface area contributed by atoms with Crippen molar-refractivity contribution in [1.82, 2.24) is 5.32 Å². The highest BCUT2D eigenvalue weighted by Gasteiger charge is 2.58. The smallest absolute Gasteiger partial charge is 0.171 e. The van der Waals surface area contributed by atoms with Crippen LogP contribution in [0.25, 0.3) is 10.4 Å². The second kappa shape index (κ2) is 6.37. The van der Waals surface area contributed by atoms with Crippen molar-refractivity contribution >= 4 is 17.1 Å². The fraction of sp³-hybridized carbons (Fsp3) is 0.227. The van der Waals surface area contributed by atoms with Crippen molar-refractivity contribution in [1.29, 1.82) is 0 Å². The number of carbonyl (C=O) groups excluding carboxylic acids is 1. The second-order valence-electron chi connectivity index (χ2n) is 7.46. The molecule has 1 aliphatic heterocycles. The summed E-state index contributed by atoms with van der Waals surface area (Å²) in [4.78, 5) is 15.3. The van der Waals surface area contributed by atoms with Crippen molar-refractivity contribution in [3.8, 4) is 10.4 Å². The number of ketones is 1. The van der Waals surface area contributed by atoms with Gasteiger partial charge >= 0.3 is 0 Å². The molecule has 138 valence electrons. The van der Waals surface area contributed by atoms with E-state index < -0.39 is 17.1 Å². The number of rotatable bonds is 3. The zero-order valence-corrected chi connectivity index (χ0v) is 16.0. The topological polar surface area (TPSA) is 55.1 Å². The van der Waals surface area contributed by atoms with Crippen LogP contribution in [0.4, 0.5) is 4.39 Å². The molecule has 1 aliphatic rings. The van der Waals surface area contributed by atoms with Crippen molar-refractivity contribution in [2.75, 3.05) is 0 Å². The maximum atomic E-state index is 13.6. The Bertz CT molecular complexity index is 998. The lowest BCUT2D eigenvalue weighted by atomic mass is 9.77. The Morgan fingerprint density at radius 1 is 1.04 bits per heavy atom. The molecule has 0 amide bonds. The molecule has 1 fully saturated rings. The lowest BCUT2D eigenvalue weighted by Gasteiger charge is -2.28. The summed E-state index contributed by atoms with van der Waals surface area (Å²) in [7, 11) is 0. The summed E-state index contributed by atoms with van der Waals surface area (Å²) in [5.41, 5.74) is 6.26. The van der Waals surface area contributed by atoms with Crippen LogP contribution in [0.5, 0.6) is 0 Å². The summed E-state index contributed by atoms with van der Waals surface area (Å²) in [6, 6.07) is 20.0. The predicted molar refractivity (Wildman–Crippen MR) is 107 cm³/mol. The molecule has 27 heavy (non-hydrogen) atoms. The fourth-order valence-corrected chi connectivity index (χ4v) is 4.84. The summed E-state index contributed by atoms with van der Waals surface area (Å²) in [5.74, 6) is -0.236. The average Bonchev–Trinajstić information content (AvgIpc) is 3.22. The van der Waals surface area contributed by atoms with Crippen LogP contribution in [0.1, 0.15) is 24.3 Å². The first-order valence-electron chi connectivity index (χ1n) is 8.85. The highest BCUT2D eigenvalue weighted by atomic mass is 32.1. The van der Waals surface area contributed by atoms with Gasteiger partial charge in [0.2, 0.25) is 0 Å². The molecule has 0 bridgehead atoms. The van der Waals surface area contributed by atoms with Crippen LogP contribution < -0.4 is 11.1 Å². The normalized spacial score (nSPS) is 24.3. The minimum Gasteiger partial charge on any atom is -0.315 e. The van der Waals surface area contributed by atoms with Crippen LogP contribution in [0.2, 0.25) is 0 Å². The third kappa shape index (κ3) is 2.74. The molecular formula is C22H21FN2OS. The molecule has 1 aromatic heterocycles. The molecular weight excluding hydrogens is 359 g/mol. The number of Topliss-reactive ketones (excluding diaryl/α,β-unsaturated/α-hetero) is 1. The maximum Gasteiger partial charge on any atom is 0.171 e.